The van der Waals surface area contributed by atoms with Crippen molar-refractivity contribution >= 4 is 23.4 Å². The molecule has 1 atom stereocenters. The molecule has 1 aliphatic carbocycles. The molecule has 1 aliphatic rings. The Labute approximate surface area is 138 Å². The lowest BCUT2D eigenvalue weighted by molar-refractivity contribution is -0.115. The van der Waals surface area contributed by atoms with Crippen LogP contribution in [0.5, 0.6) is 0 Å². The number of rotatable bonds is 4. The van der Waals surface area contributed by atoms with Gasteiger partial charge in [-0.15, -0.1) is 0 Å². The first-order valence-corrected chi connectivity index (χ1v) is 8.58. The summed E-state index contributed by atoms with van der Waals surface area (Å²) in [5.74, 6) is -0.104. The lowest BCUT2D eigenvalue weighted by Crippen LogP contribution is -2.24. The fourth-order valence-corrected chi connectivity index (χ4v) is 3.46. The van der Waals surface area contributed by atoms with Crippen LogP contribution in [0.2, 0.25) is 0 Å². The predicted molar refractivity (Wildman–Crippen MR) is 92.0 cm³/mol. The number of carbonyl (C=O) groups excluding carboxylic acids is 1. The largest absolute Gasteiger partial charge is 0.325 e. The van der Waals surface area contributed by atoms with E-state index in [4.69, 9.17) is 0 Å². The van der Waals surface area contributed by atoms with Crippen LogP contribution in [0.25, 0.3) is 0 Å². The van der Waals surface area contributed by atoms with Gasteiger partial charge in [-0.3, -0.25) is 9.59 Å². The van der Waals surface area contributed by atoms with Crippen LogP contribution < -0.4 is 10.9 Å². The second kappa shape index (κ2) is 6.58. The van der Waals surface area contributed by atoms with Gasteiger partial charge >= 0.3 is 0 Å². The van der Waals surface area contributed by atoms with Crippen LogP contribution in [-0.2, 0) is 17.6 Å². The highest BCUT2D eigenvalue weighted by Gasteiger charge is 2.20. The Morgan fingerprint density at radius 2 is 2.13 bits per heavy atom. The number of aryl methyl sites for hydroxylation is 2. The normalized spacial score (nSPS) is 14.3. The zero-order valence-electron chi connectivity index (χ0n) is 13.2. The third-order valence-corrected chi connectivity index (χ3v) is 4.96. The molecule has 0 bridgehead atoms. The molecule has 1 amide bonds. The third kappa shape index (κ3) is 3.47. The molecular formula is C17H19N3O2S. The Morgan fingerprint density at radius 1 is 1.35 bits per heavy atom. The first kappa shape index (κ1) is 15.8. The fourth-order valence-electron chi connectivity index (χ4n) is 2.64. The summed E-state index contributed by atoms with van der Waals surface area (Å²) in [5.41, 5.74) is 3.43. The number of thioether (sulfide) groups is 1. The SMILES string of the molecule is Cc1ccccc1NC(=O)[C@@H](C)Sc1nc2c(c(=O)[nH]1)CCC2. The van der Waals surface area contributed by atoms with Crippen LogP contribution in [0.3, 0.4) is 0 Å². The minimum absolute atomic E-state index is 0.0680. The number of para-hydroxylation sites is 1. The summed E-state index contributed by atoms with van der Waals surface area (Å²) in [5, 5.41) is 3.08. The molecule has 23 heavy (non-hydrogen) atoms. The van der Waals surface area contributed by atoms with E-state index in [9.17, 15) is 9.59 Å². The number of nitrogens with one attached hydrogen (secondary N) is 2. The number of H-pyrrole nitrogens is 1. The van der Waals surface area contributed by atoms with Gasteiger partial charge in [0.05, 0.1) is 10.9 Å². The monoisotopic (exact) mass is 329 g/mol. The molecule has 1 aromatic heterocycles. The summed E-state index contributed by atoms with van der Waals surface area (Å²) in [6.45, 7) is 3.76. The van der Waals surface area contributed by atoms with Crippen LogP contribution in [0, 0.1) is 6.92 Å². The zero-order chi connectivity index (χ0) is 16.4. The zero-order valence-corrected chi connectivity index (χ0v) is 14.0. The van der Waals surface area contributed by atoms with Crippen molar-refractivity contribution in [1.82, 2.24) is 9.97 Å². The van der Waals surface area contributed by atoms with E-state index in [2.05, 4.69) is 15.3 Å². The van der Waals surface area contributed by atoms with Gasteiger partial charge in [0.1, 0.15) is 0 Å². The van der Waals surface area contributed by atoms with Crippen molar-refractivity contribution in [3.63, 3.8) is 0 Å². The summed E-state index contributed by atoms with van der Waals surface area (Å²) in [4.78, 5) is 31.6. The molecular weight excluding hydrogens is 310 g/mol. The topological polar surface area (TPSA) is 74.8 Å². The first-order chi connectivity index (χ1) is 11.0. The maximum absolute atomic E-state index is 12.3. The van der Waals surface area contributed by atoms with Gasteiger partial charge in [0.2, 0.25) is 5.91 Å². The van der Waals surface area contributed by atoms with Crippen LogP contribution in [0.15, 0.2) is 34.2 Å². The van der Waals surface area contributed by atoms with Gasteiger partial charge in [-0.2, -0.15) is 0 Å². The van der Waals surface area contributed by atoms with Gasteiger partial charge in [-0.05, 0) is 44.7 Å². The van der Waals surface area contributed by atoms with Crippen LogP contribution in [-0.4, -0.2) is 21.1 Å². The van der Waals surface area contributed by atoms with Gasteiger partial charge in [0.25, 0.3) is 5.56 Å². The summed E-state index contributed by atoms with van der Waals surface area (Å²) < 4.78 is 0. The van der Waals surface area contributed by atoms with Crippen LogP contribution in [0.1, 0.15) is 30.2 Å². The maximum Gasteiger partial charge on any atom is 0.254 e. The number of aromatic nitrogens is 2. The minimum atomic E-state index is -0.350. The molecule has 0 spiro atoms. The maximum atomic E-state index is 12.3. The van der Waals surface area contributed by atoms with Crippen LogP contribution in [0.4, 0.5) is 5.69 Å². The highest BCUT2D eigenvalue weighted by molar-refractivity contribution is 8.00. The highest BCUT2D eigenvalue weighted by atomic mass is 32.2. The quantitative estimate of drug-likeness (QED) is 0.668. The van der Waals surface area contributed by atoms with E-state index in [0.29, 0.717) is 5.16 Å². The average Bonchev–Trinajstić information content (AvgIpc) is 2.98. The lowest BCUT2D eigenvalue weighted by Gasteiger charge is -2.13. The molecule has 1 aromatic carbocycles. The minimum Gasteiger partial charge on any atom is -0.325 e. The number of carbonyl (C=O) groups is 1. The van der Waals surface area contributed by atoms with E-state index < -0.39 is 0 Å². The first-order valence-electron chi connectivity index (χ1n) is 7.70. The molecule has 0 aliphatic heterocycles. The number of hydrogen-bond acceptors (Lipinski definition) is 4. The molecule has 0 radical (unpaired) electrons. The number of aromatic amines is 1. The van der Waals surface area contributed by atoms with Crippen molar-refractivity contribution in [1.29, 1.82) is 0 Å². The standard InChI is InChI=1S/C17H19N3O2S/c1-10-6-3-4-8-13(10)18-15(21)11(2)23-17-19-14-9-5-7-12(14)16(22)20-17/h3-4,6,8,11H,5,7,9H2,1-2H3,(H,18,21)(H,19,20,22)/t11-/m1/s1. The van der Waals surface area contributed by atoms with Gasteiger partial charge in [-0.25, -0.2) is 4.98 Å². The van der Waals surface area contributed by atoms with E-state index >= 15 is 0 Å². The summed E-state index contributed by atoms with van der Waals surface area (Å²) in [6.07, 6.45) is 2.62. The summed E-state index contributed by atoms with van der Waals surface area (Å²) >= 11 is 1.28. The van der Waals surface area contributed by atoms with Gasteiger partial charge in [0.15, 0.2) is 5.16 Å². The Kier molecular flexibility index (Phi) is 4.52. The number of nitrogens with zero attached hydrogens (tertiary/aromatic N) is 1. The van der Waals surface area contributed by atoms with E-state index in [-0.39, 0.29) is 16.7 Å². The van der Waals surface area contributed by atoms with Crippen molar-refractivity contribution < 1.29 is 4.79 Å². The molecule has 6 heteroatoms. The Morgan fingerprint density at radius 3 is 2.91 bits per heavy atom. The third-order valence-electron chi connectivity index (χ3n) is 3.98. The number of amides is 1. The lowest BCUT2D eigenvalue weighted by atomic mass is 10.2. The molecule has 0 saturated heterocycles. The molecule has 5 nitrogen and oxygen atoms in total. The molecule has 0 fully saturated rings. The van der Waals surface area contributed by atoms with Crippen molar-refractivity contribution in [2.24, 2.45) is 0 Å². The molecule has 1 heterocycles. The highest BCUT2D eigenvalue weighted by Crippen LogP contribution is 2.24. The Balaban J connectivity index is 1.71. The number of benzene rings is 1. The Bertz CT molecular complexity index is 801. The molecule has 2 N–H and O–H groups in total. The summed E-state index contributed by atoms with van der Waals surface area (Å²) in [7, 11) is 0. The van der Waals surface area contributed by atoms with Gasteiger partial charge in [0, 0.05) is 11.3 Å². The van der Waals surface area contributed by atoms with Gasteiger partial charge < -0.3 is 10.3 Å². The molecule has 120 valence electrons. The van der Waals surface area contributed by atoms with Crippen molar-refractivity contribution in [3.05, 3.63) is 51.4 Å². The molecule has 2 aromatic rings. The van der Waals surface area contributed by atoms with E-state index in [1.165, 1.54) is 11.8 Å². The number of anilines is 1. The number of hydrogen-bond donors (Lipinski definition) is 2. The fraction of sp³-hybridized carbons (Fsp3) is 0.353. The second-order valence-corrected chi connectivity index (χ2v) is 7.04. The molecule has 0 saturated carbocycles. The van der Waals surface area contributed by atoms with E-state index in [1.54, 1.807) is 0 Å². The second-order valence-electron chi connectivity index (χ2n) is 5.71. The van der Waals surface area contributed by atoms with E-state index in [1.807, 2.05) is 38.1 Å². The Hall–Kier alpha value is -2.08. The van der Waals surface area contributed by atoms with Crippen molar-refractivity contribution in [2.75, 3.05) is 5.32 Å². The smallest absolute Gasteiger partial charge is 0.254 e. The summed E-state index contributed by atoms with van der Waals surface area (Å²) in [6, 6.07) is 7.65. The molecule has 3 rings (SSSR count). The van der Waals surface area contributed by atoms with Crippen molar-refractivity contribution in [3.8, 4) is 0 Å². The van der Waals surface area contributed by atoms with Crippen LogP contribution >= 0.6 is 11.8 Å². The van der Waals surface area contributed by atoms with Gasteiger partial charge in [-0.1, -0.05) is 30.0 Å². The number of fused-ring (bicyclic) bond motifs is 1. The van der Waals surface area contributed by atoms with Crippen molar-refractivity contribution in [2.45, 2.75) is 43.5 Å². The predicted octanol–water partition coefficient (Wildman–Crippen LogP) is 2.69. The molecule has 0 unspecified atom stereocenters. The van der Waals surface area contributed by atoms with E-state index in [0.717, 1.165) is 41.8 Å². The average molecular weight is 329 g/mol.